The van der Waals surface area contributed by atoms with E-state index in [1.54, 1.807) is 0 Å². The van der Waals surface area contributed by atoms with Crippen LogP contribution >= 0.6 is 0 Å². The van der Waals surface area contributed by atoms with Crippen molar-refractivity contribution >= 4 is 5.91 Å². The third kappa shape index (κ3) is 1.02. The van der Waals surface area contributed by atoms with Crippen LogP contribution in [0.25, 0.3) is 0 Å². The minimum Gasteiger partial charge on any atom is -0.353 e. The molecular formula is C5H4N2O3. The van der Waals surface area contributed by atoms with Gasteiger partial charge in [-0.05, 0) is 12.1 Å². The van der Waals surface area contributed by atoms with Crippen LogP contribution in [0.4, 0.5) is 0 Å². The fraction of sp³-hybridized carbons (Fsp3) is 0. The third-order valence-corrected chi connectivity index (χ3v) is 0.994. The molecule has 0 unspecified atom stereocenters. The highest BCUT2D eigenvalue weighted by atomic mass is 16.6. The fourth-order valence-corrected chi connectivity index (χ4v) is 0.562. The Balaban J connectivity index is 2.88. The number of carbonyl (C=O) groups excluding carboxylic acids is 1. The van der Waals surface area contributed by atoms with Gasteiger partial charge in [0.1, 0.15) is 4.92 Å². The van der Waals surface area contributed by atoms with Crippen molar-refractivity contribution in [3.63, 3.8) is 0 Å². The van der Waals surface area contributed by atoms with E-state index in [1.165, 1.54) is 18.3 Å². The van der Waals surface area contributed by atoms with Gasteiger partial charge in [-0.3, -0.25) is 10.1 Å². The van der Waals surface area contributed by atoms with E-state index in [9.17, 15) is 14.9 Å². The molecule has 0 aliphatic carbocycles. The molecule has 52 valence electrons. The molecule has 1 amide bonds. The first-order valence-electron chi connectivity index (χ1n) is 2.54. The molecule has 1 N–H and O–H groups in total. The Hall–Kier alpha value is -1.65. The predicted molar refractivity (Wildman–Crippen MR) is 32.1 cm³/mol. The standard InChI is InChI=1S/C5H4N2O3/c8-5(7(9)10)4-2-1-3-6-4/h1-3,6H. The van der Waals surface area contributed by atoms with Gasteiger partial charge in [-0.25, -0.2) is 4.79 Å². The summed E-state index contributed by atoms with van der Waals surface area (Å²) in [6.45, 7) is 0. The lowest BCUT2D eigenvalue weighted by Crippen LogP contribution is -2.11. The van der Waals surface area contributed by atoms with Gasteiger partial charge in [0.05, 0.1) is 0 Å². The smallest absolute Gasteiger partial charge is 0.353 e. The van der Waals surface area contributed by atoms with Crippen molar-refractivity contribution in [3.05, 3.63) is 34.1 Å². The molecule has 0 spiro atoms. The highest BCUT2D eigenvalue weighted by molar-refractivity contribution is 5.85. The van der Waals surface area contributed by atoms with Gasteiger partial charge in [0.25, 0.3) is 0 Å². The molecule has 0 saturated heterocycles. The molecule has 0 fully saturated rings. The number of nitrogens with one attached hydrogen (secondary N) is 1. The second-order valence-electron chi connectivity index (χ2n) is 1.65. The second-order valence-corrected chi connectivity index (χ2v) is 1.65. The number of rotatable bonds is 1. The summed E-state index contributed by atoms with van der Waals surface area (Å²) in [7, 11) is 0. The third-order valence-electron chi connectivity index (χ3n) is 0.994. The lowest BCUT2D eigenvalue weighted by atomic mass is 10.4. The molecule has 5 heteroatoms. The molecule has 0 radical (unpaired) electrons. The maximum absolute atomic E-state index is 10.5. The summed E-state index contributed by atoms with van der Waals surface area (Å²) < 4.78 is 0. The Kier molecular flexibility index (Phi) is 1.49. The summed E-state index contributed by atoms with van der Waals surface area (Å²) in [5, 5.41) is 9.83. The molecule has 1 aromatic rings. The minimum atomic E-state index is -1.11. The molecule has 0 aliphatic rings. The maximum Gasteiger partial charge on any atom is 0.492 e. The zero-order chi connectivity index (χ0) is 7.56. The van der Waals surface area contributed by atoms with Crippen LogP contribution in [0.5, 0.6) is 0 Å². The number of aromatic nitrogens is 1. The van der Waals surface area contributed by atoms with Gasteiger partial charge in [0.15, 0.2) is 5.69 Å². The lowest BCUT2D eigenvalue weighted by molar-refractivity contribution is -0.375. The summed E-state index contributed by atoms with van der Waals surface area (Å²) >= 11 is 0. The molecule has 0 bridgehead atoms. The first-order valence-corrected chi connectivity index (χ1v) is 2.54. The van der Waals surface area contributed by atoms with Gasteiger partial charge < -0.3 is 4.98 Å². The number of aromatic amines is 1. The predicted octanol–water partition coefficient (Wildman–Crippen LogP) is 0.432. The average Bonchev–Trinajstić information content (AvgIpc) is 2.36. The van der Waals surface area contributed by atoms with Crippen LogP contribution in [0.2, 0.25) is 0 Å². The van der Waals surface area contributed by atoms with Crippen LogP contribution in [0.1, 0.15) is 10.5 Å². The van der Waals surface area contributed by atoms with Crippen LogP contribution in [-0.2, 0) is 0 Å². The Labute approximate surface area is 55.8 Å². The lowest BCUT2D eigenvalue weighted by Gasteiger charge is -1.83. The van der Waals surface area contributed by atoms with E-state index in [1.807, 2.05) is 0 Å². The van der Waals surface area contributed by atoms with Crippen molar-refractivity contribution in [2.75, 3.05) is 0 Å². The van der Waals surface area contributed by atoms with E-state index in [2.05, 4.69) is 4.98 Å². The summed E-state index contributed by atoms with van der Waals surface area (Å²) in [4.78, 5) is 21.8. The number of nitro groups is 1. The SMILES string of the molecule is O=C(c1ccc[nH]1)[N+](=O)[O-]. The number of hydrogen-bond donors (Lipinski definition) is 1. The molecule has 1 aromatic heterocycles. The Bertz CT molecular complexity index is 252. The molecule has 0 aromatic carbocycles. The molecule has 1 heterocycles. The quantitative estimate of drug-likeness (QED) is 0.454. The van der Waals surface area contributed by atoms with Gasteiger partial charge in [-0.15, -0.1) is 0 Å². The monoisotopic (exact) mass is 140 g/mol. The first kappa shape index (κ1) is 6.47. The van der Waals surface area contributed by atoms with E-state index >= 15 is 0 Å². The number of H-pyrrole nitrogens is 1. The molecule has 0 saturated carbocycles. The van der Waals surface area contributed by atoms with Gasteiger partial charge >= 0.3 is 5.91 Å². The van der Waals surface area contributed by atoms with Gasteiger partial charge in [0, 0.05) is 6.20 Å². The Morgan fingerprint density at radius 3 is 2.80 bits per heavy atom. The molecule has 5 nitrogen and oxygen atoms in total. The summed E-state index contributed by atoms with van der Waals surface area (Å²) in [6.07, 6.45) is 1.46. The van der Waals surface area contributed by atoms with Crippen molar-refractivity contribution in [3.8, 4) is 0 Å². The summed E-state index contributed by atoms with van der Waals surface area (Å²) in [5.41, 5.74) is 0.00463. The van der Waals surface area contributed by atoms with Crippen LogP contribution in [-0.4, -0.2) is 15.8 Å². The van der Waals surface area contributed by atoms with Crippen LogP contribution in [0.15, 0.2) is 18.3 Å². The van der Waals surface area contributed by atoms with Crippen molar-refractivity contribution in [2.24, 2.45) is 0 Å². The second kappa shape index (κ2) is 2.30. The van der Waals surface area contributed by atoms with Crippen LogP contribution in [0, 0.1) is 10.1 Å². The number of hydrogen-bond acceptors (Lipinski definition) is 3. The maximum atomic E-state index is 10.5. The topological polar surface area (TPSA) is 76.0 Å². The van der Waals surface area contributed by atoms with Crippen molar-refractivity contribution in [1.82, 2.24) is 4.98 Å². The Morgan fingerprint density at radius 2 is 2.40 bits per heavy atom. The zero-order valence-electron chi connectivity index (χ0n) is 4.90. The molecule has 0 aliphatic heterocycles. The molecule has 0 atom stereocenters. The minimum absolute atomic E-state index is 0.00463. The normalized spacial score (nSPS) is 9.20. The van der Waals surface area contributed by atoms with Crippen molar-refractivity contribution in [2.45, 2.75) is 0 Å². The molecule has 10 heavy (non-hydrogen) atoms. The molecular weight excluding hydrogens is 136 g/mol. The average molecular weight is 140 g/mol. The van der Waals surface area contributed by atoms with Crippen molar-refractivity contribution < 1.29 is 9.72 Å². The fourth-order valence-electron chi connectivity index (χ4n) is 0.562. The van der Waals surface area contributed by atoms with Crippen molar-refractivity contribution in [1.29, 1.82) is 0 Å². The first-order chi connectivity index (χ1) is 4.72. The molecule has 1 rings (SSSR count). The highest BCUT2D eigenvalue weighted by Crippen LogP contribution is 1.95. The van der Waals surface area contributed by atoms with Crippen LogP contribution < -0.4 is 0 Å². The van der Waals surface area contributed by atoms with E-state index in [0.29, 0.717) is 0 Å². The van der Waals surface area contributed by atoms with E-state index in [0.717, 1.165) is 0 Å². The van der Waals surface area contributed by atoms with Crippen LogP contribution in [0.3, 0.4) is 0 Å². The largest absolute Gasteiger partial charge is 0.492 e. The van der Waals surface area contributed by atoms with Gasteiger partial charge in [0.2, 0.25) is 0 Å². The van der Waals surface area contributed by atoms with E-state index < -0.39 is 10.8 Å². The van der Waals surface area contributed by atoms with Gasteiger partial charge in [-0.1, -0.05) is 0 Å². The summed E-state index contributed by atoms with van der Waals surface area (Å²) in [5.74, 6) is -1.11. The van der Waals surface area contributed by atoms with E-state index in [4.69, 9.17) is 0 Å². The van der Waals surface area contributed by atoms with Gasteiger partial charge in [-0.2, -0.15) is 0 Å². The number of carbonyl (C=O) groups is 1. The summed E-state index contributed by atoms with van der Waals surface area (Å²) in [6, 6.07) is 2.88. The number of nitrogens with zero attached hydrogens (tertiary/aromatic N) is 1. The number of amides is 1. The highest BCUT2D eigenvalue weighted by Gasteiger charge is 2.17. The Morgan fingerprint density at radius 1 is 1.70 bits per heavy atom. The zero-order valence-corrected chi connectivity index (χ0v) is 4.90. The van der Waals surface area contributed by atoms with E-state index in [-0.39, 0.29) is 5.69 Å².